The fourth-order valence-electron chi connectivity index (χ4n) is 2.85. The van der Waals surface area contributed by atoms with Gasteiger partial charge in [-0.25, -0.2) is 4.98 Å². The molecule has 2 heterocycles. The fraction of sp³-hybridized carbons (Fsp3) is 0.647. The van der Waals surface area contributed by atoms with Crippen LogP contribution in [0.25, 0.3) is 0 Å². The zero-order valence-electron chi connectivity index (χ0n) is 13.4. The third kappa shape index (κ3) is 3.97. The van der Waals surface area contributed by atoms with Gasteiger partial charge in [0, 0.05) is 29.8 Å². The highest BCUT2D eigenvalue weighted by atomic mass is 35.5. The van der Waals surface area contributed by atoms with E-state index in [-0.39, 0.29) is 11.3 Å². The van der Waals surface area contributed by atoms with Crippen LogP contribution in [-0.2, 0) is 5.41 Å². The quantitative estimate of drug-likeness (QED) is 0.780. The van der Waals surface area contributed by atoms with Crippen molar-refractivity contribution in [2.24, 2.45) is 5.92 Å². The third-order valence-corrected chi connectivity index (χ3v) is 4.27. The van der Waals surface area contributed by atoms with E-state index in [9.17, 15) is 4.79 Å². The summed E-state index contributed by atoms with van der Waals surface area (Å²) in [5, 5.41) is 0.398. The lowest BCUT2D eigenvalue weighted by atomic mass is 9.91. The van der Waals surface area contributed by atoms with E-state index < -0.39 is 0 Å². The highest BCUT2D eigenvalue weighted by molar-refractivity contribution is 6.29. The molecule has 1 amide bonds. The topological polar surface area (TPSA) is 33.2 Å². The van der Waals surface area contributed by atoms with Crippen LogP contribution < -0.4 is 0 Å². The molecule has 1 saturated heterocycles. The predicted octanol–water partition coefficient (Wildman–Crippen LogP) is 4.29. The summed E-state index contributed by atoms with van der Waals surface area (Å²) in [4.78, 5) is 19.0. The fourth-order valence-corrected chi connectivity index (χ4v) is 3.06. The van der Waals surface area contributed by atoms with Gasteiger partial charge in [-0.05, 0) is 30.9 Å². The maximum Gasteiger partial charge on any atom is 0.254 e. The molecule has 0 radical (unpaired) electrons. The highest BCUT2D eigenvalue weighted by Gasteiger charge is 2.27. The number of carbonyl (C=O) groups excluding carboxylic acids is 1. The van der Waals surface area contributed by atoms with Gasteiger partial charge in [0.1, 0.15) is 5.15 Å². The average molecular weight is 309 g/mol. The van der Waals surface area contributed by atoms with Gasteiger partial charge in [0.25, 0.3) is 5.91 Å². The SMILES string of the molecule is CCCC1CCN(C(=O)c2cc(Cl)nc(C(C)(C)C)c2)C1. The number of carbonyl (C=O) groups is 1. The van der Waals surface area contributed by atoms with Crippen LogP contribution in [0.4, 0.5) is 0 Å². The number of pyridine rings is 1. The van der Waals surface area contributed by atoms with Gasteiger partial charge in [-0.3, -0.25) is 4.79 Å². The molecule has 1 aliphatic rings. The molecule has 0 N–H and O–H groups in total. The van der Waals surface area contributed by atoms with Crippen molar-refractivity contribution in [3.05, 3.63) is 28.5 Å². The van der Waals surface area contributed by atoms with E-state index >= 15 is 0 Å². The van der Waals surface area contributed by atoms with E-state index in [1.165, 1.54) is 12.8 Å². The summed E-state index contributed by atoms with van der Waals surface area (Å²) in [6, 6.07) is 3.58. The van der Waals surface area contributed by atoms with Crippen LogP contribution in [-0.4, -0.2) is 28.9 Å². The number of rotatable bonds is 3. The lowest BCUT2D eigenvalue weighted by Gasteiger charge is -2.21. The van der Waals surface area contributed by atoms with Crippen LogP contribution >= 0.6 is 11.6 Å². The molecule has 0 saturated carbocycles. The Bertz CT molecular complexity index is 522. The number of halogens is 1. The molecule has 4 heteroatoms. The normalized spacial score (nSPS) is 19.1. The average Bonchev–Trinajstić information content (AvgIpc) is 2.85. The van der Waals surface area contributed by atoms with Crippen molar-refractivity contribution < 1.29 is 4.79 Å². The zero-order chi connectivity index (χ0) is 15.6. The van der Waals surface area contributed by atoms with Crippen LogP contribution in [0, 0.1) is 5.92 Å². The summed E-state index contributed by atoms with van der Waals surface area (Å²) in [5.41, 5.74) is 1.41. The zero-order valence-corrected chi connectivity index (χ0v) is 14.2. The van der Waals surface area contributed by atoms with Crippen molar-refractivity contribution in [3.8, 4) is 0 Å². The van der Waals surface area contributed by atoms with Crippen LogP contribution in [0.2, 0.25) is 5.15 Å². The van der Waals surface area contributed by atoms with Crippen LogP contribution in [0.1, 0.15) is 63.0 Å². The predicted molar refractivity (Wildman–Crippen MR) is 86.9 cm³/mol. The maximum absolute atomic E-state index is 12.7. The van der Waals surface area contributed by atoms with Gasteiger partial charge in [0.2, 0.25) is 0 Å². The Morgan fingerprint density at radius 1 is 1.43 bits per heavy atom. The maximum atomic E-state index is 12.7. The molecule has 1 fully saturated rings. The Balaban J connectivity index is 2.18. The monoisotopic (exact) mass is 308 g/mol. The molecule has 0 aromatic carbocycles. The Morgan fingerprint density at radius 2 is 2.14 bits per heavy atom. The van der Waals surface area contributed by atoms with E-state index in [1.54, 1.807) is 6.07 Å². The standard InChI is InChI=1S/C17H25ClN2O/c1-5-6-12-7-8-20(11-12)16(21)13-9-14(17(2,3)4)19-15(18)10-13/h9-10,12H,5-8,11H2,1-4H3. The molecule has 1 atom stereocenters. The Labute approximate surface area is 132 Å². The van der Waals surface area contributed by atoms with Gasteiger partial charge < -0.3 is 4.90 Å². The summed E-state index contributed by atoms with van der Waals surface area (Å²) in [5.74, 6) is 0.738. The van der Waals surface area contributed by atoms with Crippen molar-refractivity contribution in [1.29, 1.82) is 0 Å². The first-order valence-electron chi connectivity index (χ1n) is 7.78. The summed E-state index contributed by atoms with van der Waals surface area (Å²) < 4.78 is 0. The smallest absolute Gasteiger partial charge is 0.254 e. The van der Waals surface area contributed by atoms with Gasteiger partial charge in [-0.2, -0.15) is 0 Å². The molecule has 116 valence electrons. The van der Waals surface area contributed by atoms with E-state index in [0.717, 1.165) is 25.2 Å². The Hall–Kier alpha value is -1.09. The lowest BCUT2D eigenvalue weighted by Crippen LogP contribution is -2.29. The molecule has 2 rings (SSSR count). The second kappa shape index (κ2) is 6.35. The molecule has 0 bridgehead atoms. The van der Waals surface area contributed by atoms with Crippen molar-refractivity contribution in [3.63, 3.8) is 0 Å². The van der Waals surface area contributed by atoms with Gasteiger partial charge >= 0.3 is 0 Å². The Morgan fingerprint density at radius 3 is 2.76 bits per heavy atom. The van der Waals surface area contributed by atoms with E-state index in [2.05, 4.69) is 32.7 Å². The molecule has 21 heavy (non-hydrogen) atoms. The molecule has 1 aromatic rings. The van der Waals surface area contributed by atoms with Crippen molar-refractivity contribution >= 4 is 17.5 Å². The molecule has 1 aliphatic heterocycles. The first kappa shape index (κ1) is 16.3. The van der Waals surface area contributed by atoms with Gasteiger partial charge in [0.05, 0.1) is 0 Å². The molecule has 1 aromatic heterocycles. The molecular weight excluding hydrogens is 284 g/mol. The van der Waals surface area contributed by atoms with Crippen molar-refractivity contribution in [1.82, 2.24) is 9.88 Å². The minimum atomic E-state index is -0.115. The Kier molecular flexibility index (Phi) is 4.92. The van der Waals surface area contributed by atoms with Gasteiger partial charge in [-0.15, -0.1) is 0 Å². The lowest BCUT2D eigenvalue weighted by molar-refractivity contribution is 0.0786. The van der Waals surface area contributed by atoms with Crippen molar-refractivity contribution in [2.45, 2.75) is 52.4 Å². The van der Waals surface area contributed by atoms with Crippen LogP contribution in [0.3, 0.4) is 0 Å². The number of hydrogen-bond acceptors (Lipinski definition) is 2. The second-order valence-electron chi connectivity index (χ2n) is 7.01. The number of amides is 1. The number of hydrogen-bond donors (Lipinski definition) is 0. The third-order valence-electron chi connectivity index (χ3n) is 4.08. The first-order valence-corrected chi connectivity index (χ1v) is 8.16. The summed E-state index contributed by atoms with van der Waals surface area (Å²) in [6.45, 7) is 10.2. The summed E-state index contributed by atoms with van der Waals surface area (Å²) >= 11 is 6.10. The van der Waals surface area contributed by atoms with Crippen LogP contribution in [0.15, 0.2) is 12.1 Å². The minimum Gasteiger partial charge on any atom is -0.338 e. The number of likely N-dealkylation sites (tertiary alicyclic amines) is 1. The summed E-state index contributed by atoms with van der Waals surface area (Å²) in [6.07, 6.45) is 3.50. The van der Waals surface area contributed by atoms with E-state index in [4.69, 9.17) is 11.6 Å². The van der Waals surface area contributed by atoms with Gasteiger partial charge in [-0.1, -0.05) is 45.7 Å². The largest absolute Gasteiger partial charge is 0.338 e. The minimum absolute atomic E-state index is 0.0865. The molecule has 0 spiro atoms. The second-order valence-corrected chi connectivity index (χ2v) is 7.40. The highest BCUT2D eigenvalue weighted by Crippen LogP contribution is 2.26. The number of nitrogens with zero attached hydrogens (tertiary/aromatic N) is 2. The molecular formula is C17H25ClN2O. The van der Waals surface area contributed by atoms with Crippen LogP contribution in [0.5, 0.6) is 0 Å². The molecule has 0 aliphatic carbocycles. The van der Waals surface area contributed by atoms with Crippen molar-refractivity contribution in [2.75, 3.05) is 13.1 Å². The van der Waals surface area contributed by atoms with E-state index in [1.807, 2.05) is 11.0 Å². The van der Waals surface area contributed by atoms with Gasteiger partial charge in [0.15, 0.2) is 0 Å². The molecule has 1 unspecified atom stereocenters. The first-order chi connectivity index (χ1) is 9.81. The summed E-state index contributed by atoms with van der Waals surface area (Å²) in [7, 11) is 0. The van der Waals surface area contributed by atoms with E-state index in [0.29, 0.717) is 16.6 Å². The molecule has 3 nitrogen and oxygen atoms in total. The number of aromatic nitrogens is 1.